The van der Waals surface area contributed by atoms with Gasteiger partial charge in [0.1, 0.15) is 5.60 Å². The summed E-state index contributed by atoms with van der Waals surface area (Å²) in [6.45, 7) is 5.95. The fraction of sp³-hybridized carbons (Fsp3) is 0.882. The summed E-state index contributed by atoms with van der Waals surface area (Å²) in [6, 6.07) is 0. The monoisotopic (exact) mass is 314 g/mol. The first kappa shape index (κ1) is 20.9. The van der Waals surface area contributed by atoms with Gasteiger partial charge in [0.15, 0.2) is 6.29 Å². The SMILES string of the molecule is CC(C)(C)OC(=O)NOCCCCCCCCCCC[C]=O. The standard InChI is InChI=1S/C17H32NO4/c1-17(2,3)22-16(20)18-21-15-13-11-9-7-5-4-6-8-10-12-14-19/h4-13,15H2,1-3H3,(H,18,20). The molecule has 5 nitrogen and oxygen atoms in total. The van der Waals surface area contributed by atoms with Crippen molar-refractivity contribution < 1.29 is 19.2 Å². The van der Waals surface area contributed by atoms with Gasteiger partial charge in [-0.05, 0) is 33.6 Å². The third-order valence-corrected chi connectivity index (χ3v) is 3.08. The summed E-state index contributed by atoms with van der Waals surface area (Å²) in [5.41, 5.74) is 1.79. The van der Waals surface area contributed by atoms with Gasteiger partial charge >= 0.3 is 6.09 Å². The highest BCUT2D eigenvalue weighted by atomic mass is 16.7. The number of ether oxygens (including phenoxy) is 1. The first-order valence-electron chi connectivity index (χ1n) is 8.41. The number of unbranched alkanes of at least 4 members (excludes halogenated alkanes) is 9. The van der Waals surface area contributed by atoms with Crippen LogP contribution in [0.2, 0.25) is 0 Å². The molecule has 5 heteroatoms. The average Bonchev–Trinajstić information content (AvgIpc) is 2.42. The largest absolute Gasteiger partial charge is 0.442 e. The van der Waals surface area contributed by atoms with Crippen molar-refractivity contribution in [1.29, 1.82) is 0 Å². The van der Waals surface area contributed by atoms with Gasteiger partial charge in [0.05, 0.1) is 6.61 Å². The zero-order valence-electron chi connectivity index (χ0n) is 14.4. The lowest BCUT2D eigenvalue weighted by atomic mass is 10.1. The summed E-state index contributed by atoms with van der Waals surface area (Å²) in [5.74, 6) is 0. The van der Waals surface area contributed by atoms with Gasteiger partial charge in [0, 0.05) is 6.42 Å². The molecule has 1 N–H and O–H groups in total. The fourth-order valence-electron chi connectivity index (χ4n) is 2.02. The number of hydrogen-bond acceptors (Lipinski definition) is 4. The predicted molar refractivity (Wildman–Crippen MR) is 87.2 cm³/mol. The Kier molecular flexibility index (Phi) is 12.9. The number of nitrogens with one attached hydrogen (secondary N) is 1. The van der Waals surface area contributed by atoms with Crippen LogP contribution < -0.4 is 5.48 Å². The van der Waals surface area contributed by atoms with E-state index in [2.05, 4.69) is 5.48 Å². The number of carbonyl (C=O) groups is 1. The molecule has 0 aliphatic heterocycles. The zero-order chi connectivity index (χ0) is 16.7. The Morgan fingerprint density at radius 3 is 1.91 bits per heavy atom. The Labute approximate surface area is 135 Å². The van der Waals surface area contributed by atoms with Crippen LogP contribution in [0.1, 0.15) is 85.0 Å². The second kappa shape index (κ2) is 13.6. The topological polar surface area (TPSA) is 64.6 Å². The van der Waals surface area contributed by atoms with Crippen molar-refractivity contribution in [3.63, 3.8) is 0 Å². The molecule has 0 saturated carbocycles. The lowest BCUT2D eigenvalue weighted by Crippen LogP contribution is -2.32. The Morgan fingerprint density at radius 1 is 0.909 bits per heavy atom. The van der Waals surface area contributed by atoms with E-state index in [9.17, 15) is 9.59 Å². The number of rotatable bonds is 13. The summed E-state index contributed by atoms with van der Waals surface area (Å²) < 4.78 is 5.05. The number of carbonyl (C=O) groups excluding carboxylic acids is 2. The Hall–Kier alpha value is -1.10. The van der Waals surface area contributed by atoms with Gasteiger partial charge < -0.3 is 4.74 Å². The zero-order valence-corrected chi connectivity index (χ0v) is 14.4. The molecule has 0 fully saturated rings. The molecule has 0 aliphatic carbocycles. The predicted octanol–water partition coefficient (Wildman–Crippen LogP) is 4.45. The highest BCUT2D eigenvalue weighted by molar-refractivity contribution is 5.66. The van der Waals surface area contributed by atoms with Gasteiger partial charge in [-0.2, -0.15) is 5.48 Å². The van der Waals surface area contributed by atoms with Gasteiger partial charge in [0.2, 0.25) is 0 Å². The molecule has 0 atom stereocenters. The normalized spacial score (nSPS) is 11.2. The summed E-state index contributed by atoms with van der Waals surface area (Å²) in [6.07, 6.45) is 12.3. The van der Waals surface area contributed by atoms with E-state index in [-0.39, 0.29) is 0 Å². The van der Waals surface area contributed by atoms with E-state index in [0.717, 1.165) is 25.7 Å². The van der Waals surface area contributed by atoms with Crippen molar-refractivity contribution in [2.24, 2.45) is 0 Å². The third kappa shape index (κ3) is 17.0. The second-order valence-corrected chi connectivity index (χ2v) is 6.53. The van der Waals surface area contributed by atoms with Crippen molar-refractivity contribution >= 4 is 12.4 Å². The average molecular weight is 314 g/mol. The van der Waals surface area contributed by atoms with Crippen LogP contribution in [0, 0.1) is 0 Å². The van der Waals surface area contributed by atoms with E-state index < -0.39 is 11.7 Å². The maximum absolute atomic E-state index is 11.3. The van der Waals surface area contributed by atoms with Crippen LogP contribution >= 0.6 is 0 Å². The fourth-order valence-corrected chi connectivity index (χ4v) is 2.02. The lowest BCUT2D eigenvalue weighted by molar-refractivity contribution is -0.00860. The van der Waals surface area contributed by atoms with E-state index in [1.807, 2.05) is 27.1 Å². The Bertz CT molecular complexity index is 287. The highest BCUT2D eigenvalue weighted by Crippen LogP contribution is 2.10. The van der Waals surface area contributed by atoms with Crippen LogP contribution in [0.5, 0.6) is 0 Å². The maximum atomic E-state index is 11.3. The number of hydrogen-bond donors (Lipinski definition) is 1. The molecular weight excluding hydrogens is 282 g/mol. The quantitative estimate of drug-likeness (QED) is 0.403. The van der Waals surface area contributed by atoms with E-state index in [0.29, 0.717) is 13.0 Å². The second-order valence-electron chi connectivity index (χ2n) is 6.53. The third-order valence-electron chi connectivity index (χ3n) is 3.08. The molecule has 0 saturated heterocycles. The molecule has 0 rings (SSSR count). The molecule has 0 aromatic heterocycles. The summed E-state index contributed by atoms with van der Waals surface area (Å²) in [4.78, 5) is 26.4. The molecular formula is C17H32NO4. The van der Waals surface area contributed by atoms with Crippen LogP contribution in [0.25, 0.3) is 0 Å². The minimum absolute atomic E-state index is 0.501. The summed E-state index contributed by atoms with van der Waals surface area (Å²) >= 11 is 0. The molecule has 22 heavy (non-hydrogen) atoms. The first-order chi connectivity index (χ1) is 10.5. The molecule has 0 spiro atoms. The van der Waals surface area contributed by atoms with Crippen molar-refractivity contribution in [3.05, 3.63) is 0 Å². The Morgan fingerprint density at radius 2 is 1.41 bits per heavy atom. The van der Waals surface area contributed by atoms with E-state index in [1.165, 1.54) is 32.1 Å². The van der Waals surface area contributed by atoms with E-state index in [1.54, 1.807) is 0 Å². The highest BCUT2D eigenvalue weighted by Gasteiger charge is 2.15. The van der Waals surface area contributed by atoms with Crippen LogP contribution in [0.4, 0.5) is 4.79 Å². The molecule has 1 radical (unpaired) electrons. The molecule has 0 unspecified atom stereocenters. The summed E-state index contributed by atoms with van der Waals surface area (Å²) in [7, 11) is 0. The molecule has 0 bridgehead atoms. The number of hydroxylamine groups is 1. The minimum Gasteiger partial charge on any atom is -0.442 e. The van der Waals surface area contributed by atoms with Crippen molar-refractivity contribution in [1.82, 2.24) is 5.48 Å². The van der Waals surface area contributed by atoms with Crippen molar-refractivity contribution in [2.45, 2.75) is 90.6 Å². The molecule has 1 amide bonds. The smallest absolute Gasteiger partial charge is 0.431 e. The van der Waals surface area contributed by atoms with Crippen LogP contribution in [0.3, 0.4) is 0 Å². The van der Waals surface area contributed by atoms with Gasteiger partial charge in [-0.3, -0.25) is 9.63 Å². The van der Waals surface area contributed by atoms with Crippen molar-refractivity contribution in [3.8, 4) is 0 Å². The van der Waals surface area contributed by atoms with Crippen LogP contribution in [-0.2, 0) is 14.4 Å². The van der Waals surface area contributed by atoms with Crippen LogP contribution in [-0.4, -0.2) is 24.6 Å². The molecule has 0 aromatic carbocycles. The van der Waals surface area contributed by atoms with Gasteiger partial charge in [-0.15, -0.1) is 0 Å². The molecule has 129 valence electrons. The van der Waals surface area contributed by atoms with Gasteiger partial charge in [-0.1, -0.05) is 44.9 Å². The first-order valence-corrected chi connectivity index (χ1v) is 8.41. The van der Waals surface area contributed by atoms with Gasteiger partial charge in [-0.25, -0.2) is 4.79 Å². The number of amides is 1. The molecule has 0 aliphatic rings. The molecule has 0 heterocycles. The maximum Gasteiger partial charge on any atom is 0.431 e. The summed E-state index contributed by atoms with van der Waals surface area (Å²) in [5, 5.41) is 0. The van der Waals surface area contributed by atoms with Crippen molar-refractivity contribution in [2.75, 3.05) is 6.61 Å². The molecule has 0 aromatic rings. The Balaban J connectivity index is 3.17. The van der Waals surface area contributed by atoms with E-state index >= 15 is 0 Å². The lowest BCUT2D eigenvalue weighted by Gasteiger charge is -2.19. The van der Waals surface area contributed by atoms with Gasteiger partial charge in [0.25, 0.3) is 0 Å². The van der Waals surface area contributed by atoms with Crippen LogP contribution in [0.15, 0.2) is 0 Å². The van der Waals surface area contributed by atoms with E-state index in [4.69, 9.17) is 9.57 Å². The minimum atomic E-state index is -0.542.